The van der Waals surface area contributed by atoms with E-state index in [2.05, 4.69) is 16.0 Å². The normalized spacial score (nSPS) is 25.9. The quantitative estimate of drug-likeness (QED) is 0.737. The first-order valence-corrected chi connectivity index (χ1v) is 8.13. The van der Waals surface area contributed by atoms with E-state index >= 15 is 0 Å². The molecule has 1 saturated heterocycles. The van der Waals surface area contributed by atoms with Gasteiger partial charge in [0.25, 0.3) is 0 Å². The standard InChI is InChI=1S/C16H19ClFN3O2/c17-12-4-3-11(6-13(12)18)21-15(23)14(22)20-9-16-5-1-2-10(16)7-19-8-16/h3-4,6,10,19H,1-2,5,7-9H2,(H,20,22)(H,21,23)/t10-,16+/m1/s1. The summed E-state index contributed by atoms with van der Waals surface area (Å²) in [5.41, 5.74) is 0.272. The monoisotopic (exact) mass is 339 g/mol. The minimum Gasteiger partial charge on any atom is -0.347 e. The molecule has 1 saturated carbocycles. The van der Waals surface area contributed by atoms with Crippen molar-refractivity contribution in [1.82, 2.24) is 10.6 Å². The van der Waals surface area contributed by atoms with Gasteiger partial charge < -0.3 is 16.0 Å². The lowest BCUT2D eigenvalue weighted by molar-refractivity contribution is -0.136. The van der Waals surface area contributed by atoms with Gasteiger partial charge in [-0.2, -0.15) is 0 Å². The number of carbonyl (C=O) groups excluding carboxylic acids is 2. The number of rotatable bonds is 3. The molecule has 3 N–H and O–H groups in total. The highest BCUT2D eigenvalue weighted by Crippen LogP contribution is 2.45. The number of halogens is 2. The number of nitrogens with one attached hydrogen (secondary N) is 3. The highest BCUT2D eigenvalue weighted by atomic mass is 35.5. The molecular formula is C16H19ClFN3O2. The zero-order chi connectivity index (χ0) is 16.4. The van der Waals surface area contributed by atoms with Crippen molar-refractivity contribution in [2.45, 2.75) is 19.3 Å². The van der Waals surface area contributed by atoms with E-state index < -0.39 is 17.6 Å². The Bertz CT molecular complexity index is 628. The van der Waals surface area contributed by atoms with Crippen LogP contribution in [0.2, 0.25) is 5.02 Å². The highest BCUT2D eigenvalue weighted by molar-refractivity contribution is 6.39. The van der Waals surface area contributed by atoms with Gasteiger partial charge in [0, 0.05) is 24.2 Å². The van der Waals surface area contributed by atoms with Crippen molar-refractivity contribution in [2.24, 2.45) is 11.3 Å². The van der Waals surface area contributed by atoms with E-state index in [1.807, 2.05) is 0 Å². The number of fused-ring (bicyclic) bond motifs is 1. The van der Waals surface area contributed by atoms with Crippen LogP contribution in [-0.4, -0.2) is 31.4 Å². The Kier molecular flexibility index (Phi) is 4.55. The Morgan fingerprint density at radius 2 is 2.22 bits per heavy atom. The summed E-state index contributed by atoms with van der Waals surface area (Å²) < 4.78 is 13.3. The molecule has 1 aromatic carbocycles. The molecule has 2 amide bonds. The Balaban J connectivity index is 1.55. The molecule has 0 radical (unpaired) electrons. The first kappa shape index (κ1) is 16.2. The number of amides is 2. The van der Waals surface area contributed by atoms with Crippen LogP contribution >= 0.6 is 11.6 Å². The van der Waals surface area contributed by atoms with Crippen molar-refractivity contribution in [3.8, 4) is 0 Å². The van der Waals surface area contributed by atoms with E-state index in [0.29, 0.717) is 12.5 Å². The molecule has 0 bridgehead atoms. The summed E-state index contributed by atoms with van der Waals surface area (Å²) >= 11 is 5.58. The Morgan fingerprint density at radius 3 is 3.00 bits per heavy atom. The van der Waals surface area contributed by atoms with Gasteiger partial charge in [0.1, 0.15) is 5.82 Å². The molecule has 3 rings (SSSR count). The number of anilines is 1. The van der Waals surface area contributed by atoms with Crippen molar-refractivity contribution in [1.29, 1.82) is 0 Å². The molecule has 2 atom stereocenters. The first-order chi connectivity index (χ1) is 11.0. The van der Waals surface area contributed by atoms with Crippen LogP contribution < -0.4 is 16.0 Å². The van der Waals surface area contributed by atoms with Crippen LogP contribution in [0.5, 0.6) is 0 Å². The molecule has 0 unspecified atom stereocenters. The van der Waals surface area contributed by atoms with E-state index in [1.165, 1.54) is 25.0 Å². The lowest BCUT2D eigenvalue weighted by atomic mass is 9.80. The third kappa shape index (κ3) is 3.33. The van der Waals surface area contributed by atoms with E-state index in [0.717, 1.165) is 25.6 Å². The van der Waals surface area contributed by atoms with Gasteiger partial charge in [-0.3, -0.25) is 9.59 Å². The van der Waals surface area contributed by atoms with Crippen LogP contribution in [0.25, 0.3) is 0 Å². The largest absolute Gasteiger partial charge is 0.347 e. The third-order valence-corrected chi connectivity index (χ3v) is 5.25. The minimum atomic E-state index is -0.802. The summed E-state index contributed by atoms with van der Waals surface area (Å²) in [7, 11) is 0. The molecule has 2 aliphatic rings. The second-order valence-corrected chi connectivity index (χ2v) is 6.76. The predicted octanol–water partition coefficient (Wildman–Crippen LogP) is 1.92. The summed E-state index contributed by atoms with van der Waals surface area (Å²) in [5.74, 6) is -1.58. The second-order valence-electron chi connectivity index (χ2n) is 6.35. The molecule has 5 nitrogen and oxygen atoms in total. The van der Waals surface area contributed by atoms with Gasteiger partial charge in [0.15, 0.2) is 0 Å². The fourth-order valence-corrected chi connectivity index (χ4v) is 3.77. The average Bonchev–Trinajstić information content (AvgIpc) is 3.08. The van der Waals surface area contributed by atoms with Crippen molar-refractivity contribution in [3.63, 3.8) is 0 Å². The van der Waals surface area contributed by atoms with Crippen LogP contribution in [0, 0.1) is 17.2 Å². The SMILES string of the molecule is O=C(NC[C@@]12CCC[C@@H]1CNC2)C(=O)Nc1ccc(Cl)c(F)c1. The summed E-state index contributed by atoms with van der Waals surface area (Å²) in [6.45, 7) is 2.35. The van der Waals surface area contributed by atoms with Gasteiger partial charge in [-0.1, -0.05) is 18.0 Å². The van der Waals surface area contributed by atoms with Gasteiger partial charge in [-0.25, -0.2) is 4.39 Å². The zero-order valence-electron chi connectivity index (χ0n) is 12.6. The van der Waals surface area contributed by atoms with E-state index in [-0.39, 0.29) is 16.1 Å². The van der Waals surface area contributed by atoms with Crippen molar-refractivity contribution >= 4 is 29.1 Å². The van der Waals surface area contributed by atoms with Crippen molar-refractivity contribution in [2.75, 3.05) is 25.0 Å². The lowest BCUT2D eigenvalue weighted by Gasteiger charge is -2.28. The maximum atomic E-state index is 13.3. The van der Waals surface area contributed by atoms with Gasteiger partial charge in [0.2, 0.25) is 0 Å². The van der Waals surface area contributed by atoms with Crippen LogP contribution in [0.4, 0.5) is 10.1 Å². The fourth-order valence-electron chi connectivity index (χ4n) is 3.65. The molecule has 1 aliphatic carbocycles. The highest BCUT2D eigenvalue weighted by Gasteiger charge is 2.46. The van der Waals surface area contributed by atoms with Crippen molar-refractivity contribution < 1.29 is 14.0 Å². The Morgan fingerprint density at radius 1 is 1.39 bits per heavy atom. The van der Waals surface area contributed by atoms with Crippen LogP contribution in [0.15, 0.2) is 18.2 Å². The fraction of sp³-hybridized carbons (Fsp3) is 0.500. The molecular weight excluding hydrogens is 321 g/mol. The summed E-state index contributed by atoms with van der Waals surface area (Å²) in [5, 5.41) is 8.43. The Labute approximate surface area is 139 Å². The maximum absolute atomic E-state index is 13.3. The molecule has 1 aliphatic heterocycles. The van der Waals surface area contributed by atoms with E-state index in [4.69, 9.17) is 11.6 Å². The van der Waals surface area contributed by atoms with Gasteiger partial charge in [0.05, 0.1) is 5.02 Å². The molecule has 7 heteroatoms. The molecule has 2 fully saturated rings. The second kappa shape index (κ2) is 6.45. The zero-order valence-corrected chi connectivity index (χ0v) is 13.4. The van der Waals surface area contributed by atoms with Crippen molar-refractivity contribution in [3.05, 3.63) is 29.0 Å². The minimum absolute atomic E-state index is 0.0347. The van der Waals surface area contributed by atoms with Gasteiger partial charge in [-0.05, 0) is 43.5 Å². The van der Waals surface area contributed by atoms with Gasteiger partial charge in [-0.15, -0.1) is 0 Å². The summed E-state index contributed by atoms with van der Waals surface area (Å²) in [6, 6.07) is 3.86. The van der Waals surface area contributed by atoms with Crippen LogP contribution in [0.3, 0.4) is 0 Å². The topological polar surface area (TPSA) is 70.2 Å². The third-order valence-electron chi connectivity index (χ3n) is 4.95. The van der Waals surface area contributed by atoms with Gasteiger partial charge >= 0.3 is 11.8 Å². The molecule has 124 valence electrons. The molecule has 0 spiro atoms. The maximum Gasteiger partial charge on any atom is 0.313 e. The molecule has 23 heavy (non-hydrogen) atoms. The summed E-state index contributed by atoms with van der Waals surface area (Å²) in [6.07, 6.45) is 3.40. The average molecular weight is 340 g/mol. The van der Waals surface area contributed by atoms with Crippen LogP contribution in [-0.2, 0) is 9.59 Å². The molecule has 0 aromatic heterocycles. The number of benzene rings is 1. The van der Waals surface area contributed by atoms with E-state index in [9.17, 15) is 14.0 Å². The number of carbonyl (C=O) groups is 2. The number of hydrogen-bond donors (Lipinski definition) is 3. The van der Waals surface area contributed by atoms with E-state index in [1.54, 1.807) is 0 Å². The first-order valence-electron chi connectivity index (χ1n) is 7.75. The predicted molar refractivity (Wildman–Crippen MR) is 85.7 cm³/mol. The lowest BCUT2D eigenvalue weighted by Crippen LogP contribution is -2.44. The smallest absolute Gasteiger partial charge is 0.313 e. The van der Waals surface area contributed by atoms with Crippen LogP contribution in [0.1, 0.15) is 19.3 Å². The summed E-state index contributed by atoms with van der Waals surface area (Å²) in [4.78, 5) is 23.9. The number of hydrogen-bond acceptors (Lipinski definition) is 3. The Hall–Kier alpha value is -1.66. The molecule has 1 heterocycles. The molecule has 1 aromatic rings.